The average molecular weight is 610 g/mol. The number of nitrogens with zero attached hydrogens (tertiary/aromatic N) is 5. The Balaban J connectivity index is 0.000000510. The van der Waals surface area contributed by atoms with Crippen LogP contribution in [0.1, 0.15) is 48.2 Å². The van der Waals surface area contributed by atoms with Crippen LogP contribution in [0.2, 0.25) is 0 Å². The highest BCUT2D eigenvalue weighted by molar-refractivity contribution is 6.04. The van der Waals surface area contributed by atoms with Gasteiger partial charge in [0.1, 0.15) is 0 Å². The molecule has 0 unspecified atom stereocenters. The summed E-state index contributed by atoms with van der Waals surface area (Å²) in [5.74, 6) is 0.245. The van der Waals surface area contributed by atoms with Crippen LogP contribution in [0.15, 0.2) is 79.3 Å². The van der Waals surface area contributed by atoms with Crippen LogP contribution in [0.25, 0.3) is 11.3 Å². The number of piperazine rings is 1. The predicted molar refractivity (Wildman–Crippen MR) is 178 cm³/mol. The largest absolute Gasteiger partial charge is 0.466 e. The van der Waals surface area contributed by atoms with Crippen LogP contribution in [0, 0.1) is 6.92 Å². The maximum Gasteiger partial charge on any atom is 0.305 e. The maximum absolute atomic E-state index is 12.9. The van der Waals surface area contributed by atoms with Crippen molar-refractivity contribution in [1.29, 1.82) is 0 Å². The lowest BCUT2D eigenvalue weighted by Crippen LogP contribution is -2.43. The molecule has 1 fully saturated rings. The third-order valence-corrected chi connectivity index (χ3v) is 7.33. The standard InChI is InChI=1S/C29H31N7O.C6H12O2/c1-21-5-10-25(18-27(21)34-29-31-13-11-26(33-29)24-4-3-12-30-19-24)32-28(37)23-8-6-22(7-9-23)20-36-16-14-35(2)15-17-36;1-3-5-6(7)8-4-2/h3-13,18-19H,14-17,20H2,1-2H3,(H,32,37)(H,31,33,34);3-5H2,1-2H3. The number of pyridine rings is 1. The third kappa shape index (κ3) is 10.5. The van der Waals surface area contributed by atoms with Crippen LogP contribution in [0.5, 0.6) is 0 Å². The minimum Gasteiger partial charge on any atom is -0.466 e. The fourth-order valence-electron chi connectivity index (χ4n) is 4.72. The first-order valence-corrected chi connectivity index (χ1v) is 15.4. The number of amides is 1. The van der Waals surface area contributed by atoms with Gasteiger partial charge in [0.2, 0.25) is 5.95 Å². The Hall–Kier alpha value is -4.67. The molecule has 4 aromatic rings. The minimum atomic E-state index is -0.143. The van der Waals surface area contributed by atoms with E-state index in [1.807, 2.05) is 81.4 Å². The van der Waals surface area contributed by atoms with E-state index in [2.05, 4.69) is 47.2 Å². The Labute approximate surface area is 265 Å². The fraction of sp³-hybridized carbons (Fsp3) is 0.343. The van der Waals surface area contributed by atoms with Crippen LogP contribution < -0.4 is 10.6 Å². The molecule has 1 aliphatic heterocycles. The van der Waals surface area contributed by atoms with Crippen molar-refractivity contribution < 1.29 is 14.3 Å². The number of carbonyl (C=O) groups excluding carboxylic acids is 2. The third-order valence-electron chi connectivity index (χ3n) is 7.33. The molecule has 3 heterocycles. The summed E-state index contributed by atoms with van der Waals surface area (Å²) in [5, 5.41) is 6.29. The monoisotopic (exact) mass is 609 g/mol. The van der Waals surface area contributed by atoms with Crippen LogP contribution in [-0.4, -0.2) is 76.5 Å². The van der Waals surface area contributed by atoms with E-state index in [1.54, 1.807) is 18.6 Å². The molecule has 0 spiro atoms. The molecule has 2 aromatic heterocycles. The number of anilines is 3. The van der Waals surface area contributed by atoms with Crippen LogP contribution in [-0.2, 0) is 16.1 Å². The molecule has 45 heavy (non-hydrogen) atoms. The molecule has 1 amide bonds. The molecule has 0 radical (unpaired) electrons. The highest BCUT2D eigenvalue weighted by atomic mass is 16.5. The molecule has 10 heteroatoms. The average Bonchev–Trinajstić information content (AvgIpc) is 3.05. The summed E-state index contributed by atoms with van der Waals surface area (Å²) in [6, 6.07) is 19.3. The van der Waals surface area contributed by atoms with E-state index in [4.69, 9.17) is 0 Å². The van der Waals surface area contributed by atoms with Gasteiger partial charge in [0.25, 0.3) is 5.91 Å². The molecule has 1 saturated heterocycles. The molecule has 0 bridgehead atoms. The number of hydrogen-bond donors (Lipinski definition) is 2. The van der Waals surface area contributed by atoms with Gasteiger partial charge in [-0.25, -0.2) is 9.97 Å². The number of nitrogens with one attached hydrogen (secondary N) is 2. The Morgan fingerprint density at radius 3 is 2.42 bits per heavy atom. The van der Waals surface area contributed by atoms with Crippen molar-refractivity contribution in [3.63, 3.8) is 0 Å². The lowest BCUT2D eigenvalue weighted by Gasteiger charge is -2.32. The van der Waals surface area contributed by atoms with E-state index >= 15 is 0 Å². The number of rotatable bonds is 10. The van der Waals surface area contributed by atoms with Gasteiger partial charge in [0, 0.05) is 80.2 Å². The Kier molecular flexibility index (Phi) is 12.5. The zero-order chi connectivity index (χ0) is 32.0. The van der Waals surface area contributed by atoms with Gasteiger partial charge in [-0.3, -0.25) is 19.5 Å². The summed E-state index contributed by atoms with van der Waals surface area (Å²) >= 11 is 0. The maximum atomic E-state index is 12.9. The summed E-state index contributed by atoms with van der Waals surface area (Å²) in [7, 11) is 2.16. The van der Waals surface area contributed by atoms with Crippen molar-refractivity contribution in [2.45, 2.75) is 40.2 Å². The van der Waals surface area contributed by atoms with Gasteiger partial charge >= 0.3 is 5.97 Å². The smallest absolute Gasteiger partial charge is 0.305 e. The van der Waals surface area contributed by atoms with Gasteiger partial charge in [0.15, 0.2) is 0 Å². The number of benzene rings is 2. The quantitative estimate of drug-likeness (QED) is 0.211. The number of ether oxygens (including phenoxy) is 1. The van der Waals surface area contributed by atoms with Gasteiger partial charge in [-0.2, -0.15) is 0 Å². The van der Waals surface area contributed by atoms with Gasteiger partial charge in [-0.1, -0.05) is 25.1 Å². The summed E-state index contributed by atoms with van der Waals surface area (Å²) < 4.78 is 4.64. The highest BCUT2D eigenvalue weighted by Crippen LogP contribution is 2.25. The summed E-state index contributed by atoms with van der Waals surface area (Å²) in [6.45, 7) is 11.5. The molecule has 5 rings (SSSR count). The number of carbonyl (C=O) groups is 2. The second-order valence-corrected chi connectivity index (χ2v) is 10.9. The lowest BCUT2D eigenvalue weighted by atomic mass is 10.1. The number of esters is 1. The Morgan fingerprint density at radius 1 is 0.956 bits per heavy atom. The summed E-state index contributed by atoms with van der Waals surface area (Å²) in [6.07, 6.45) is 6.64. The molecule has 236 valence electrons. The molecular formula is C35H43N7O3. The molecule has 2 aromatic carbocycles. The molecule has 10 nitrogen and oxygen atoms in total. The highest BCUT2D eigenvalue weighted by Gasteiger charge is 2.14. The SMILES string of the molecule is CCCC(=O)OCC.Cc1ccc(NC(=O)c2ccc(CN3CCN(C)CC3)cc2)cc1Nc1nccc(-c2cccnc2)n1. The lowest BCUT2D eigenvalue weighted by molar-refractivity contribution is -0.143. The molecular weight excluding hydrogens is 566 g/mol. The van der Waals surface area contributed by atoms with Crippen LogP contribution >= 0.6 is 0 Å². The molecule has 0 saturated carbocycles. The number of likely N-dealkylation sites (N-methyl/N-ethyl adjacent to an activating group) is 1. The van der Waals surface area contributed by atoms with Gasteiger partial charge in [0.05, 0.1) is 12.3 Å². The minimum absolute atomic E-state index is 0.0880. The van der Waals surface area contributed by atoms with E-state index in [9.17, 15) is 9.59 Å². The van der Waals surface area contributed by atoms with E-state index in [0.717, 1.165) is 61.7 Å². The van der Waals surface area contributed by atoms with Crippen molar-refractivity contribution in [1.82, 2.24) is 24.8 Å². The van der Waals surface area contributed by atoms with Crippen molar-refractivity contribution >= 4 is 29.2 Å². The van der Waals surface area contributed by atoms with E-state index in [-0.39, 0.29) is 11.9 Å². The van der Waals surface area contributed by atoms with E-state index < -0.39 is 0 Å². The van der Waals surface area contributed by atoms with Crippen molar-refractivity contribution in [3.05, 3.63) is 95.9 Å². The summed E-state index contributed by atoms with van der Waals surface area (Å²) in [4.78, 5) is 41.3. The first kappa shape index (κ1) is 33.2. The normalized spacial score (nSPS) is 13.3. The molecule has 0 atom stereocenters. The van der Waals surface area contributed by atoms with Crippen LogP contribution in [0.3, 0.4) is 0 Å². The zero-order valence-electron chi connectivity index (χ0n) is 26.6. The second kappa shape index (κ2) is 17.0. The van der Waals surface area contributed by atoms with Gasteiger partial charge in [-0.05, 0) is 80.9 Å². The van der Waals surface area contributed by atoms with Crippen molar-refractivity contribution in [2.75, 3.05) is 50.5 Å². The van der Waals surface area contributed by atoms with Crippen molar-refractivity contribution in [3.8, 4) is 11.3 Å². The second-order valence-electron chi connectivity index (χ2n) is 10.9. The van der Waals surface area contributed by atoms with E-state index in [1.165, 1.54) is 5.56 Å². The van der Waals surface area contributed by atoms with Crippen molar-refractivity contribution in [2.24, 2.45) is 0 Å². The summed E-state index contributed by atoms with van der Waals surface area (Å²) in [5.41, 5.74) is 6.08. The number of aromatic nitrogens is 3. The Bertz CT molecular complexity index is 1510. The number of hydrogen-bond acceptors (Lipinski definition) is 9. The zero-order valence-corrected chi connectivity index (χ0v) is 26.6. The fourth-order valence-corrected chi connectivity index (χ4v) is 4.72. The molecule has 2 N–H and O–H groups in total. The topological polar surface area (TPSA) is 113 Å². The first-order valence-electron chi connectivity index (χ1n) is 15.4. The van der Waals surface area contributed by atoms with Crippen LogP contribution in [0.4, 0.5) is 17.3 Å². The van der Waals surface area contributed by atoms with E-state index in [0.29, 0.717) is 30.2 Å². The van der Waals surface area contributed by atoms with Gasteiger partial charge in [-0.15, -0.1) is 0 Å². The molecule has 0 aliphatic carbocycles. The molecule has 1 aliphatic rings. The van der Waals surface area contributed by atoms with Gasteiger partial charge < -0.3 is 20.3 Å². The first-order chi connectivity index (χ1) is 21.8. The Morgan fingerprint density at radius 2 is 1.73 bits per heavy atom. The predicted octanol–water partition coefficient (Wildman–Crippen LogP) is 5.94. The number of aryl methyl sites for hydroxylation is 1.